The molecule has 5 heteroatoms. The molecule has 0 amide bonds. The van der Waals surface area contributed by atoms with Crippen molar-refractivity contribution in [2.45, 2.75) is 25.5 Å². The van der Waals surface area contributed by atoms with E-state index in [-0.39, 0.29) is 4.75 Å². The van der Waals surface area contributed by atoms with E-state index < -0.39 is 11.0 Å². The molecular weight excluding hydrogens is 276 g/mol. The van der Waals surface area contributed by atoms with Crippen molar-refractivity contribution in [3.8, 4) is 0 Å². The molecule has 3 nitrogen and oxygen atoms in total. The average Bonchev–Trinajstić information content (AvgIpc) is 2.14. The molecule has 0 fully saturated rings. The van der Waals surface area contributed by atoms with Gasteiger partial charge in [0.2, 0.25) is 0 Å². The minimum atomic E-state index is -1.60. The first-order chi connectivity index (χ1) is 6.91. The first-order valence-electron chi connectivity index (χ1n) is 4.53. The molecule has 1 aromatic rings. The minimum Gasteiger partial charge on any atom is -0.254 e. The monoisotopic (exact) mass is 289 g/mol. The molecule has 1 aromatic heterocycles. The van der Waals surface area contributed by atoms with Crippen molar-refractivity contribution in [2.75, 3.05) is 0 Å². The SMILES string of the molecule is CC(C)(C)[SH+](=O)/N=C/c1ncccc1Br. The molecule has 0 bridgehead atoms. The smallest absolute Gasteiger partial charge is 0.194 e. The van der Waals surface area contributed by atoms with E-state index >= 15 is 0 Å². The lowest BCUT2D eigenvalue weighted by molar-refractivity contribution is 0.576. The number of thiol groups is 1. The lowest BCUT2D eigenvalue weighted by atomic mass is 10.3. The zero-order valence-electron chi connectivity index (χ0n) is 8.94. The summed E-state index contributed by atoms with van der Waals surface area (Å²) in [5.74, 6) is 0. The molecule has 0 aliphatic heterocycles. The second-order valence-electron chi connectivity index (χ2n) is 4.06. The van der Waals surface area contributed by atoms with E-state index in [1.807, 2.05) is 32.9 Å². The van der Waals surface area contributed by atoms with Gasteiger partial charge in [-0.1, -0.05) is 8.61 Å². The fraction of sp³-hybridized carbons (Fsp3) is 0.400. The summed E-state index contributed by atoms with van der Waals surface area (Å²) in [5.41, 5.74) is 0.699. The second kappa shape index (κ2) is 4.99. The molecule has 1 heterocycles. The van der Waals surface area contributed by atoms with Gasteiger partial charge >= 0.3 is 0 Å². The summed E-state index contributed by atoms with van der Waals surface area (Å²) < 4.78 is 16.2. The molecule has 0 spiro atoms. The molecule has 0 aromatic carbocycles. The van der Waals surface area contributed by atoms with Gasteiger partial charge in [-0.2, -0.15) is 0 Å². The summed E-state index contributed by atoms with van der Waals surface area (Å²) >= 11 is 3.35. The molecule has 0 saturated carbocycles. The Morgan fingerprint density at radius 3 is 2.73 bits per heavy atom. The number of aromatic nitrogens is 1. The van der Waals surface area contributed by atoms with E-state index in [1.54, 1.807) is 12.4 Å². The highest BCUT2D eigenvalue weighted by atomic mass is 79.9. The summed E-state index contributed by atoms with van der Waals surface area (Å²) in [6.07, 6.45) is 3.23. The minimum absolute atomic E-state index is 0.299. The van der Waals surface area contributed by atoms with E-state index in [2.05, 4.69) is 25.3 Å². The first-order valence-corrected chi connectivity index (χ1v) is 6.53. The van der Waals surface area contributed by atoms with Crippen molar-refractivity contribution in [3.05, 3.63) is 28.5 Å². The van der Waals surface area contributed by atoms with Crippen molar-refractivity contribution in [1.82, 2.24) is 4.98 Å². The van der Waals surface area contributed by atoms with E-state index in [0.717, 1.165) is 4.47 Å². The Kier molecular flexibility index (Phi) is 4.16. The Morgan fingerprint density at radius 2 is 2.20 bits per heavy atom. The van der Waals surface area contributed by atoms with Crippen molar-refractivity contribution >= 4 is 33.1 Å². The third kappa shape index (κ3) is 3.83. The summed E-state index contributed by atoms with van der Waals surface area (Å²) in [7, 11) is -1.60. The summed E-state index contributed by atoms with van der Waals surface area (Å²) in [5, 5.41) is 0. The quantitative estimate of drug-likeness (QED) is 0.477. The number of hydrogen-bond donors (Lipinski definition) is 0. The molecule has 0 saturated heterocycles. The van der Waals surface area contributed by atoms with Crippen molar-refractivity contribution < 1.29 is 4.21 Å². The van der Waals surface area contributed by atoms with E-state index in [4.69, 9.17) is 0 Å². The Labute approximate surface area is 101 Å². The van der Waals surface area contributed by atoms with Gasteiger partial charge in [-0.3, -0.25) is 4.98 Å². The molecule has 1 rings (SSSR count). The summed E-state index contributed by atoms with van der Waals surface area (Å²) in [6, 6.07) is 3.70. The highest BCUT2D eigenvalue weighted by Gasteiger charge is 2.24. The van der Waals surface area contributed by atoms with Crippen LogP contribution in [0.4, 0.5) is 0 Å². The fourth-order valence-corrected chi connectivity index (χ4v) is 1.69. The van der Waals surface area contributed by atoms with Crippen LogP contribution in [0.15, 0.2) is 27.2 Å². The zero-order chi connectivity index (χ0) is 11.5. The average molecular weight is 290 g/mol. The van der Waals surface area contributed by atoms with Gasteiger partial charge in [0.1, 0.15) is 11.0 Å². The lowest BCUT2D eigenvalue weighted by Gasteiger charge is -2.05. The topological polar surface area (TPSA) is 42.3 Å². The zero-order valence-corrected chi connectivity index (χ0v) is 11.4. The van der Waals surface area contributed by atoms with Gasteiger partial charge in [0.25, 0.3) is 0 Å². The molecule has 1 atom stereocenters. The van der Waals surface area contributed by atoms with Crippen LogP contribution in [0.1, 0.15) is 26.5 Å². The Bertz CT molecular complexity index is 399. The van der Waals surface area contributed by atoms with Crippen LogP contribution in [0.2, 0.25) is 0 Å². The Balaban J connectivity index is 2.84. The predicted octanol–water partition coefficient (Wildman–Crippen LogP) is 2.67. The van der Waals surface area contributed by atoms with Crippen LogP contribution in [-0.4, -0.2) is 15.9 Å². The van der Waals surface area contributed by atoms with Gasteiger partial charge < -0.3 is 0 Å². The van der Waals surface area contributed by atoms with Gasteiger partial charge in [0.15, 0.2) is 11.0 Å². The predicted molar refractivity (Wildman–Crippen MR) is 68.7 cm³/mol. The summed E-state index contributed by atoms with van der Waals surface area (Å²) in [4.78, 5) is 4.11. The molecular formula is C10H14BrN2OS+. The largest absolute Gasteiger partial charge is 0.254 e. The van der Waals surface area contributed by atoms with Crippen LogP contribution < -0.4 is 0 Å². The highest BCUT2D eigenvalue weighted by Crippen LogP contribution is 2.14. The molecule has 0 aliphatic rings. The lowest BCUT2D eigenvalue weighted by Crippen LogP contribution is -2.19. The number of pyridine rings is 1. The van der Waals surface area contributed by atoms with Gasteiger partial charge in [0, 0.05) is 10.7 Å². The van der Waals surface area contributed by atoms with Crippen LogP contribution in [0, 0.1) is 0 Å². The highest BCUT2D eigenvalue weighted by molar-refractivity contribution is 9.10. The number of halogens is 1. The molecule has 15 heavy (non-hydrogen) atoms. The van der Waals surface area contributed by atoms with Crippen LogP contribution in [0.3, 0.4) is 0 Å². The second-order valence-corrected chi connectivity index (χ2v) is 7.03. The molecule has 0 aliphatic carbocycles. The number of nitrogens with zero attached hydrogens (tertiary/aromatic N) is 2. The van der Waals surface area contributed by atoms with Gasteiger partial charge in [-0.25, -0.2) is 0 Å². The van der Waals surface area contributed by atoms with Crippen molar-refractivity contribution in [3.63, 3.8) is 0 Å². The maximum atomic E-state index is 11.7. The molecule has 0 radical (unpaired) electrons. The standard InChI is InChI=1S/C10H13BrN2OS/c1-10(2,3)15(14)13-7-9-8(11)5-4-6-12-9/h4-7H,1-3H3/p+1/b13-7+. The Morgan fingerprint density at radius 1 is 1.53 bits per heavy atom. The maximum absolute atomic E-state index is 11.7. The van der Waals surface area contributed by atoms with Gasteiger partial charge in [-0.05, 0) is 48.8 Å². The number of rotatable bonds is 2. The van der Waals surface area contributed by atoms with Crippen LogP contribution in [-0.2, 0) is 15.2 Å². The molecule has 1 unspecified atom stereocenters. The molecule has 82 valence electrons. The molecule has 0 N–H and O–H groups in total. The maximum Gasteiger partial charge on any atom is 0.194 e. The van der Waals surface area contributed by atoms with Crippen LogP contribution in [0.5, 0.6) is 0 Å². The van der Waals surface area contributed by atoms with Crippen LogP contribution in [0.25, 0.3) is 0 Å². The first kappa shape index (κ1) is 12.5. The normalized spacial score (nSPS) is 14.4. The summed E-state index contributed by atoms with van der Waals surface area (Å²) in [6.45, 7) is 5.70. The third-order valence-electron chi connectivity index (χ3n) is 1.65. The Hall–Kier alpha value is -0.550. The van der Waals surface area contributed by atoms with E-state index in [0.29, 0.717) is 5.69 Å². The van der Waals surface area contributed by atoms with E-state index in [9.17, 15) is 4.21 Å². The number of hydrogen-bond acceptors (Lipinski definition) is 2. The van der Waals surface area contributed by atoms with Gasteiger partial charge in [0.05, 0.1) is 5.69 Å². The third-order valence-corrected chi connectivity index (χ3v) is 3.79. The van der Waals surface area contributed by atoms with Crippen molar-refractivity contribution in [2.24, 2.45) is 4.40 Å². The van der Waals surface area contributed by atoms with Gasteiger partial charge in [-0.15, -0.1) is 0 Å². The van der Waals surface area contributed by atoms with Crippen molar-refractivity contribution in [1.29, 1.82) is 0 Å². The fourth-order valence-electron chi connectivity index (χ4n) is 0.773. The van der Waals surface area contributed by atoms with Crippen LogP contribution >= 0.6 is 15.9 Å². The van der Waals surface area contributed by atoms with E-state index in [1.165, 1.54) is 0 Å².